The number of carbonyl (C=O) groups excluding carboxylic acids is 2. The van der Waals surface area contributed by atoms with Gasteiger partial charge in [-0.25, -0.2) is 4.39 Å². The molecule has 1 aliphatic rings. The molecule has 1 amide bonds. The molecule has 3 aromatic carbocycles. The largest absolute Gasteiger partial charge is 0.507 e. The maximum Gasteiger partial charge on any atom is 0.300 e. The molecule has 36 heavy (non-hydrogen) atoms. The summed E-state index contributed by atoms with van der Waals surface area (Å²) in [7, 11) is 3.04. The van der Waals surface area contributed by atoms with Gasteiger partial charge in [0.2, 0.25) is 0 Å². The molecule has 1 fully saturated rings. The first-order chi connectivity index (χ1) is 17.1. The molecule has 6 nitrogen and oxygen atoms in total. The van der Waals surface area contributed by atoms with Crippen LogP contribution in [-0.2, 0) is 15.0 Å². The summed E-state index contributed by atoms with van der Waals surface area (Å²) in [5, 5.41) is 11.4. The van der Waals surface area contributed by atoms with Gasteiger partial charge < -0.3 is 14.6 Å². The zero-order valence-electron chi connectivity index (χ0n) is 20.8. The molecule has 1 aliphatic heterocycles. The van der Waals surface area contributed by atoms with Crippen molar-refractivity contribution in [1.82, 2.24) is 0 Å². The number of Topliss-reactive ketones (excluding diaryl/α,β-unsaturated/α-hetero) is 1. The predicted octanol–water partition coefficient (Wildman–Crippen LogP) is 5.77. The molecule has 7 heteroatoms. The van der Waals surface area contributed by atoms with Gasteiger partial charge in [0.05, 0.1) is 25.8 Å². The molecule has 4 rings (SSSR count). The molecular weight excluding hydrogens is 461 g/mol. The number of halogens is 1. The van der Waals surface area contributed by atoms with E-state index in [2.05, 4.69) is 0 Å². The normalized spacial score (nSPS) is 17.4. The van der Waals surface area contributed by atoms with Crippen molar-refractivity contribution < 1.29 is 28.6 Å². The van der Waals surface area contributed by atoms with Crippen LogP contribution in [0.2, 0.25) is 0 Å². The lowest BCUT2D eigenvalue weighted by Crippen LogP contribution is -2.29. The van der Waals surface area contributed by atoms with E-state index in [9.17, 15) is 14.7 Å². The number of amides is 1. The van der Waals surface area contributed by atoms with Crippen molar-refractivity contribution in [3.8, 4) is 11.5 Å². The van der Waals surface area contributed by atoms with Crippen LogP contribution >= 0.6 is 0 Å². The van der Waals surface area contributed by atoms with Gasteiger partial charge in [-0.2, -0.15) is 0 Å². The predicted molar refractivity (Wildman–Crippen MR) is 136 cm³/mol. The summed E-state index contributed by atoms with van der Waals surface area (Å²) in [6, 6.07) is 16.3. The van der Waals surface area contributed by atoms with Crippen LogP contribution < -0.4 is 14.4 Å². The van der Waals surface area contributed by atoms with Crippen LogP contribution in [0.1, 0.15) is 43.5 Å². The average molecular weight is 490 g/mol. The second-order valence-electron chi connectivity index (χ2n) is 9.56. The highest BCUT2D eigenvalue weighted by molar-refractivity contribution is 6.51. The van der Waals surface area contributed by atoms with Crippen LogP contribution in [0.4, 0.5) is 10.1 Å². The third-order valence-electron chi connectivity index (χ3n) is 6.26. The van der Waals surface area contributed by atoms with Crippen molar-refractivity contribution in [1.29, 1.82) is 0 Å². The zero-order chi connectivity index (χ0) is 26.2. The van der Waals surface area contributed by atoms with E-state index in [0.717, 1.165) is 5.56 Å². The third-order valence-corrected chi connectivity index (χ3v) is 6.26. The number of hydrogen-bond acceptors (Lipinski definition) is 5. The van der Waals surface area contributed by atoms with Gasteiger partial charge in [0.1, 0.15) is 23.1 Å². The standard InChI is InChI=1S/C29H28FNO5/c1-29(2,3)21-15-17(13-14-23(21)36-5)26(32)24-25(20-11-6-7-12-22(20)30)31(28(34)27(24)33)18-9-8-10-19(16-18)35-4/h6-16,25,32H,1-5H3/b26-24+. The summed E-state index contributed by atoms with van der Waals surface area (Å²) >= 11 is 0. The van der Waals surface area contributed by atoms with Crippen LogP contribution in [-0.4, -0.2) is 31.0 Å². The molecular formula is C29H28FNO5. The van der Waals surface area contributed by atoms with Crippen LogP contribution in [0.5, 0.6) is 11.5 Å². The van der Waals surface area contributed by atoms with Crippen molar-refractivity contribution in [2.75, 3.05) is 19.1 Å². The zero-order valence-corrected chi connectivity index (χ0v) is 20.8. The minimum absolute atomic E-state index is 0.0885. The van der Waals surface area contributed by atoms with Crippen LogP contribution in [0.15, 0.2) is 72.3 Å². The van der Waals surface area contributed by atoms with E-state index < -0.39 is 23.5 Å². The molecule has 1 unspecified atom stereocenters. The number of nitrogens with zero attached hydrogens (tertiary/aromatic N) is 1. The summed E-state index contributed by atoms with van der Waals surface area (Å²) in [6.45, 7) is 5.99. The van der Waals surface area contributed by atoms with Crippen LogP contribution in [0.25, 0.3) is 5.76 Å². The van der Waals surface area contributed by atoms with Gasteiger partial charge in [-0.15, -0.1) is 0 Å². The molecule has 0 spiro atoms. The molecule has 0 bridgehead atoms. The average Bonchev–Trinajstić information content (AvgIpc) is 3.13. The SMILES string of the molecule is COc1cccc(N2C(=O)C(=O)/C(=C(/O)c3ccc(OC)c(C(C)(C)C)c3)C2c2ccccc2F)c1. The van der Waals surface area contributed by atoms with E-state index in [1.54, 1.807) is 55.6 Å². The molecule has 1 saturated heterocycles. The van der Waals surface area contributed by atoms with Crippen LogP contribution in [0.3, 0.4) is 0 Å². The lowest BCUT2D eigenvalue weighted by molar-refractivity contribution is -0.132. The number of ether oxygens (including phenoxy) is 2. The Bertz CT molecular complexity index is 1370. The maximum atomic E-state index is 15.1. The number of methoxy groups -OCH3 is 2. The van der Waals surface area contributed by atoms with Gasteiger partial charge in [0.15, 0.2) is 0 Å². The second kappa shape index (κ2) is 9.49. The molecule has 3 aromatic rings. The Morgan fingerprint density at radius 2 is 1.67 bits per heavy atom. The first kappa shape index (κ1) is 25.0. The minimum Gasteiger partial charge on any atom is -0.507 e. The van der Waals surface area contributed by atoms with E-state index in [1.807, 2.05) is 20.8 Å². The highest BCUT2D eigenvalue weighted by atomic mass is 19.1. The Labute approximate surface area is 209 Å². The van der Waals surface area contributed by atoms with E-state index in [4.69, 9.17) is 9.47 Å². The monoisotopic (exact) mass is 489 g/mol. The van der Waals surface area contributed by atoms with E-state index in [0.29, 0.717) is 22.7 Å². The molecule has 0 aliphatic carbocycles. The van der Waals surface area contributed by atoms with Crippen molar-refractivity contribution in [3.05, 3.63) is 94.8 Å². The minimum atomic E-state index is -1.18. The number of anilines is 1. The lowest BCUT2D eigenvalue weighted by atomic mass is 9.84. The van der Waals surface area contributed by atoms with Crippen molar-refractivity contribution in [2.24, 2.45) is 0 Å². The van der Waals surface area contributed by atoms with Gasteiger partial charge in [-0.3, -0.25) is 14.5 Å². The summed E-state index contributed by atoms with van der Waals surface area (Å²) in [5.74, 6) is -1.68. The Balaban J connectivity index is 1.98. The van der Waals surface area contributed by atoms with Gasteiger partial charge in [-0.1, -0.05) is 45.0 Å². The Hall–Kier alpha value is -4.13. The molecule has 1 atom stereocenters. The summed E-state index contributed by atoms with van der Waals surface area (Å²) in [5.41, 5.74) is 1.03. The quantitative estimate of drug-likeness (QED) is 0.280. The van der Waals surface area contributed by atoms with E-state index in [-0.39, 0.29) is 22.3 Å². The number of rotatable bonds is 5. The highest BCUT2D eigenvalue weighted by Crippen LogP contribution is 2.44. The summed E-state index contributed by atoms with van der Waals surface area (Å²) < 4.78 is 25.9. The number of carbonyl (C=O) groups is 2. The van der Waals surface area contributed by atoms with Gasteiger partial charge in [0, 0.05) is 28.4 Å². The Kier molecular flexibility index (Phi) is 6.59. The second-order valence-corrected chi connectivity index (χ2v) is 9.56. The lowest BCUT2D eigenvalue weighted by Gasteiger charge is -2.26. The van der Waals surface area contributed by atoms with E-state index in [1.165, 1.54) is 30.2 Å². The Morgan fingerprint density at radius 1 is 0.944 bits per heavy atom. The van der Waals surface area contributed by atoms with Crippen molar-refractivity contribution >= 4 is 23.1 Å². The molecule has 1 N–H and O–H groups in total. The summed E-state index contributed by atoms with van der Waals surface area (Å²) in [4.78, 5) is 27.9. The smallest absolute Gasteiger partial charge is 0.300 e. The molecule has 0 radical (unpaired) electrons. The first-order valence-electron chi connectivity index (χ1n) is 11.5. The third kappa shape index (κ3) is 4.33. The number of benzene rings is 3. The summed E-state index contributed by atoms with van der Waals surface area (Å²) in [6.07, 6.45) is 0. The molecule has 0 saturated carbocycles. The first-order valence-corrected chi connectivity index (χ1v) is 11.5. The van der Waals surface area contributed by atoms with Gasteiger partial charge in [0.25, 0.3) is 11.7 Å². The fourth-order valence-electron chi connectivity index (χ4n) is 4.45. The highest BCUT2D eigenvalue weighted by Gasteiger charge is 2.48. The Morgan fingerprint density at radius 3 is 2.31 bits per heavy atom. The van der Waals surface area contributed by atoms with Gasteiger partial charge >= 0.3 is 0 Å². The van der Waals surface area contributed by atoms with Crippen molar-refractivity contribution in [3.63, 3.8) is 0 Å². The van der Waals surface area contributed by atoms with E-state index >= 15 is 4.39 Å². The maximum absolute atomic E-state index is 15.1. The molecule has 1 heterocycles. The number of aliphatic hydroxyl groups excluding tert-OH is 1. The van der Waals surface area contributed by atoms with Gasteiger partial charge in [-0.05, 0) is 41.8 Å². The molecule has 186 valence electrons. The number of ketones is 1. The fraction of sp³-hybridized carbons (Fsp3) is 0.241. The topological polar surface area (TPSA) is 76.1 Å². The van der Waals surface area contributed by atoms with Crippen LogP contribution in [0, 0.1) is 5.82 Å². The molecule has 0 aromatic heterocycles. The number of hydrogen-bond donors (Lipinski definition) is 1. The fourth-order valence-corrected chi connectivity index (χ4v) is 4.45. The van der Waals surface area contributed by atoms with Crippen molar-refractivity contribution in [2.45, 2.75) is 32.2 Å². The number of aliphatic hydroxyl groups is 1.